The molecule has 1 aliphatic heterocycles. The van der Waals surface area contributed by atoms with Crippen molar-refractivity contribution in [3.05, 3.63) is 29.6 Å². The number of halogens is 1. The molecule has 114 valence electrons. The van der Waals surface area contributed by atoms with Crippen LogP contribution in [-0.2, 0) is 9.53 Å². The molecule has 0 aliphatic carbocycles. The lowest BCUT2D eigenvalue weighted by Gasteiger charge is -2.12. The lowest BCUT2D eigenvalue weighted by molar-refractivity contribution is -0.123. The molecular formula is C14H16FNO5. The Morgan fingerprint density at radius 2 is 2.29 bits per heavy atom. The Morgan fingerprint density at radius 1 is 1.48 bits per heavy atom. The molecule has 1 aromatic carbocycles. The summed E-state index contributed by atoms with van der Waals surface area (Å²) in [7, 11) is 0. The van der Waals surface area contributed by atoms with Crippen molar-refractivity contribution in [1.82, 2.24) is 5.32 Å². The fourth-order valence-electron chi connectivity index (χ4n) is 2.02. The highest BCUT2D eigenvalue weighted by atomic mass is 19.1. The summed E-state index contributed by atoms with van der Waals surface area (Å²) in [5, 5.41) is 11.6. The van der Waals surface area contributed by atoms with Crippen LogP contribution in [0.2, 0.25) is 0 Å². The van der Waals surface area contributed by atoms with Gasteiger partial charge >= 0.3 is 5.97 Å². The smallest absolute Gasteiger partial charge is 0.339 e. The van der Waals surface area contributed by atoms with E-state index < -0.39 is 17.7 Å². The molecular weight excluding hydrogens is 281 g/mol. The fraction of sp³-hybridized carbons (Fsp3) is 0.429. The SMILES string of the molecule is O=C(COc1cc(F)ccc1C(=O)O)NCC1CCCO1. The summed E-state index contributed by atoms with van der Waals surface area (Å²) in [5.74, 6) is -2.46. The molecule has 0 saturated carbocycles. The normalized spacial score (nSPS) is 17.5. The molecule has 1 fully saturated rings. The third kappa shape index (κ3) is 4.42. The summed E-state index contributed by atoms with van der Waals surface area (Å²) in [5.41, 5.74) is -0.191. The van der Waals surface area contributed by atoms with Crippen LogP contribution in [0.1, 0.15) is 23.2 Å². The molecule has 1 unspecified atom stereocenters. The molecule has 7 heteroatoms. The molecule has 1 saturated heterocycles. The summed E-state index contributed by atoms with van der Waals surface area (Å²) < 4.78 is 23.5. The van der Waals surface area contributed by atoms with Gasteiger partial charge in [-0.15, -0.1) is 0 Å². The monoisotopic (exact) mass is 297 g/mol. The van der Waals surface area contributed by atoms with Gasteiger partial charge in [0, 0.05) is 19.2 Å². The number of hydrogen-bond acceptors (Lipinski definition) is 4. The first-order valence-corrected chi connectivity index (χ1v) is 6.60. The standard InChI is InChI=1S/C14H16FNO5/c15-9-3-4-11(14(18)19)12(6-9)21-8-13(17)16-7-10-2-1-5-20-10/h3-4,6,10H,1-2,5,7-8H2,(H,16,17)(H,18,19). The van der Waals surface area contributed by atoms with Gasteiger partial charge < -0.3 is 19.9 Å². The van der Waals surface area contributed by atoms with E-state index >= 15 is 0 Å². The Balaban J connectivity index is 1.85. The van der Waals surface area contributed by atoms with E-state index in [1.165, 1.54) is 0 Å². The number of aromatic carboxylic acids is 1. The molecule has 1 atom stereocenters. The minimum Gasteiger partial charge on any atom is -0.483 e. The molecule has 0 spiro atoms. The number of hydrogen-bond donors (Lipinski definition) is 2. The van der Waals surface area contributed by atoms with Gasteiger partial charge in [-0.05, 0) is 25.0 Å². The number of carboxylic acid groups (broad SMARTS) is 1. The second kappa shape index (κ2) is 7.03. The van der Waals surface area contributed by atoms with E-state index in [4.69, 9.17) is 14.6 Å². The Labute approximate surface area is 120 Å². The number of benzene rings is 1. The van der Waals surface area contributed by atoms with Gasteiger partial charge in [0.1, 0.15) is 17.1 Å². The van der Waals surface area contributed by atoms with Gasteiger partial charge in [-0.25, -0.2) is 9.18 Å². The minimum absolute atomic E-state index is 0.0118. The average Bonchev–Trinajstić information content (AvgIpc) is 2.96. The molecule has 1 aliphatic rings. The predicted octanol–water partition coefficient (Wildman–Crippen LogP) is 1.20. The molecule has 1 amide bonds. The van der Waals surface area contributed by atoms with E-state index in [9.17, 15) is 14.0 Å². The summed E-state index contributed by atoms with van der Waals surface area (Å²) >= 11 is 0. The Morgan fingerprint density at radius 3 is 2.95 bits per heavy atom. The Kier molecular flexibility index (Phi) is 5.10. The lowest BCUT2D eigenvalue weighted by Crippen LogP contribution is -2.35. The zero-order valence-corrected chi connectivity index (χ0v) is 11.3. The molecule has 6 nitrogen and oxygen atoms in total. The molecule has 1 heterocycles. The van der Waals surface area contributed by atoms with E-state index in [-0.39, 0.29) is 24.0 Å². The number of carbonyl (C=O) groups is 2. The molecule has 0 bridgehead atoms. The van der Waals surface area contributed by atoms with Gasteiger partial charge in [-0.3, -0.25) is 4.79 Å². The van der Waals surface area contributed by atoms with E-state index in [0.29, 0.717) is 13.2 Å². The van der Waals surface area contributed by atoms with Crippen LogP contribution in [0.15, 0.2) is 18.2 Å². The molecule has 21 heavy (non-hydrogen) atoms. The van der Waals surface area contributed by atoms with Gasteiger partial charge in [-0.1, -0.05) is 0 Å². The van der Waals surface area contributed by atoms with Crippen LogP contribution in [-0.4, -0.2) is 42.8 Å². The van der Waals surface area contributed by atoms with E-state index in [0.717, 1.165) is 31.0 Å². The number of rotatable bonds is 6. The first-order valence-electron chi connectivity index (χ1n) is 6.60. The van der Waals surface area contributed by atoms with Crippen LogP contribution in [0.4, 0.5) is 4.39 Å². The van der Waals surface area contributed by atoms with Crippen molar-refractivity contribution in [2.75, 3.05) is 19.8 Å². The van der Waals surface area contributed by atoms with E-state index in [1.54, 1.807) is 0 Å². The third-order valence-electron chi connectivity index (χ3n) is 3.08. The molecule has 0 aromatic heterocycles. The van der Waals surface area contributed by atoms with Crippen LogP contribution in [0.5, 0.6) is 5.75 Å². The van der Waals surface area contributed by atoms with Crippen LogP contribution >= 0.6 is 0 Å². The third-order valence-corrected chi connectivity index (χ3v) is 3.08. The van der Waals surface area contributed by atoms with Crippen molar-refractivity contribution < 1.29 is 28.6 Å². The van der Waals surface area contributed by atoms with Gasteiger partial charge in [0.05, 0.1) is 6.10 Å². The first-order chi connectivity index (χ1) is 10.1. The topological polar surface area (TPSA) is 84.9 Å². The summed E-state index contributed by atoms with van der Waals surface area (Å²) in [4.78, 5) is 22.6. The van der Waals surface area contributed by atoms with Crippen molar-refractivity contribution in [3.8, 4) is 5.75 Å². The number of carboxylic acids is 1. The highest BCUT2D eigenvalue weighted by Gasteiger charge is 2.17. The summed E-state index contributed by atoms with van der Waals surface area (Å²) in [6, 6.07) is 3.06. The lowest BCUT2D eigenvalue weighted by atomic mass is 10.2. The Hall–Kier alpha value is -2.15. The molecule has 0 radical (unpaired) electrons. The van der Waals surface area contributed by atoms with Crippen LogP contribution in [0.25, 0.3) is 0 Å². The van der Waals surface area contributed by atoms with Gasteiger partial charge in [0.25, 0.3) is 5.91 Å². The maximum Gasteiger partial charge on any atom is 0.339 e. The second-order valence-corrected chi connectivity index (χ2v) is 4.67. The molecule has 1 aromatic rings. The van der Waals surface area contributed by atoms with Gasteiger partial charge in [-0.2, -0.15) is 0 Å². The Bertz CT molecular complexity index is 528. The first kappa shape index (κ1) is 15.2. The second-order valence-electron chi connectivity index (χ2n) is 4.67. The minimum atomic E-state index is -1.25. The molecule has 2 rings (SSSR count). The number of amides is 1. The largest absolute Gasteiger partial charge is 0.483 e. The zero-order chi connectivity index (χ0) is 15.2. The van der Waals surface area contributed by atoms with Crippen molar-refractivity contribution in [1.29, 1.82) is 0 Å². The number of ether oxygens (including phenoxy) is 2. The van der Waals surface area contributed by atoms with Gasteiger partial charge in [0.15, 0.2) is 6.61 Å². The number of nitrogens with one attached hydrogen (secondary N) is 1. The van der Waals surface area contributed by atoms with Crippen molar-refractivity contribution >= 4 is 11.9 Å². The predicted molar refractivity (Wildman–Crippen MR) is 70.8 cm³/mol. The highest BCUT2D eigenvalue weighted by Crippen LogP contribution is 2.19. The van der Waals surface area contributed by atoms with Crippen molar-refractivity contribution in [3.63, 3.8) is 0 Å². The van der Waals surface area contributed by atoms with Crippen molar-refractivity contribution in [2.24, 2.45) is 0 Å². The number of carbonyl (C=O) groups excluding carboxylic acids is 1. The van der Waals surface area contributed by atoms with E-state index in [1.807, 2.05) is 0 Å². The maximum absolute atomic E-state index is 13.1. The fourth-order valence-corrected chi connectivity index (χ4v) is 2.02. The van der Waals surface area contributed by atoms with Crippen LogP contribution in [0, 0.1) is 5.82 Å². The van der Waals surface area contributed by atoms with E-state index in [2.05, 4.69) is 5.32 Å². The maximum atomic E-state index is 13.1. The molecule has 2 N–H and O–H groups in total. The summed E-state index contributed by atoms with van der Waals surface area (Å²) in [6.45, 7) is 0.704. The van der Waals surface area contributed by atoms with Crippen molar-refractivity contribution in [2.45, 2.75) is 18.9 Å². The van der Waals surface area contributed by atoms with Gasteiger partial charge in [0.2, 0.25) is 0 Å². The zero-order valence-electron chi connectivity index (χ0n) is 11.3. The average molecular weight is 297 g/mol. The van der Waals surface area contributed by atoms with Crippen LogP contribution < -0.4 is 10.1 Å². The quantitative estimate of drug-likeness (QED) is 0.824. The van der Waals surface area contributed by atoms with Crippen LogP contribution in [0.3, 0.4) is 0 Å². The summed E-state index contributed by atoms with van der Waals surface area (Å²) in [6.07, 6.45) is 1.88. The highest BCUT2D eigenvalue weighted by molar-refractivity contribution is 5.91.